The Morgan fingerprint density at radius 3 is 2.23 bits per heavy atom. The fourth-order valence-electron chi connectivity index (χ4n) is 4.28. The minimum absolute atomic E-state index is 0.223. The number of nitrogens with two attached hydrogens (primary N) is 1. The van der Waals surface area contributed by atoms with Crippen LogP contribution in [0.4, 0.5) is 4.79 Å². The molecule has 222 valence electrons. The molecule has 0 heterocycles. The molecule has 0 aromatic heterocycles. The van der Waals surface area contributed by atoms with Crippen LogP contribution in [-0.2, 0) is 19.1 Å². The van der Waals surface area contributed by atoms with Crippen molar-refractivity contribution >= 4 is 23.8 Å². The van der Waals surface area contributed by atoms with Crippen LogP contribution in [0.2, 0.25) is 0 Å². The lowest BCUT2D eigenvalue weighted by atomic mass is 9.96. The Morgan fingerprint density at radius 2 is 1.62 bits per heavy atom. The topological polar surface area (TPSA) is 131 Å². The summed E-state index contributed by atoms with van der Waals surface area (Å²) in [5, 5.41) is 5.44. The van der Waals surface area contributed by atoms with Crippen molar-refractivity contribution in [3.63, 3.8) is 0 Å². The molecule has 0 aliphatic carbocycles. The van der Waals surface area contributed by atoms with Crippen molar-refractivity contribution < 1.29 is 23.9 Å². The monoisotopic (exact) mass is 556 g/mol. The van der Waals surface area contributed by atoms with Crippen LogP contribution in [0.3, 0.4) is 0 Å². The zero-order valence-corrected chi connectivity index (χ0v) is 24.9. The molecule has 0 aliphatic heterocycles. The molecule has 40 heavy (non-hydrogen) atoms. The number of hydrogen-bond donors (Lipinski definition) is 3. The first kappa shape index (κ1) is 34.5. The fraction of sp³-hybridized carbons (Fsp3) is 0.613. The Hall–Kier alpha value is -3.54. The summed E-state index contributed by atoms with van der Waals surface area (Å²) < 4.78 is 5.33. The van der Waals surface area contributed by atoms with Crippen LogP contribution < -0.4 is 16.4 Å². The van der Waals surface area contributed by atoms with Crippen molar-refractivity contribution in [3.05, 3.63) is 35.4 Å². The Kier molecular flexibility index (Phi) is 15.5. The maximum atomic E-state index is 14.1. The lowest BCUT2D eigenvalue weighted by molar-refractivity contribution is -0.143. The van der Waals surface area contributed by atoms with Crippen LogP contribution in [0.5, 0.6) is 0 Å². The normalized spacial score (nSPS) is 12.5. The molecule has 2 unspecified atom stereocenters. The van der Waals surface area contributed by atoms with E-state index < -0.39 is 42.0 Å². The molecule has 9 heteroatoms. The van der Waals surface area contributed by atoms with E-state index in [0.29, 0.717) is 24.1 Å². The summed E-state index contributed by atoms with van der Waals surface area (Å²) in [6, 6.07) is 4.58. The number of carbonyl (C=O) groups excluding carboxylic acids is 4. The number of unbranched alkanes of at least 4 members (excludes halogenated alkanes) is 6. The number of benzene rings is 1. The van der Waals surface area contributed by atoms with Gasteiger partial charge in [0.15, 0.2) is 0 Å². The highest BCUT2D eigenvalue weighted by atomic mass is 16.6. The second kappa shape index (κ2) is 17.9. The zero-order chi connectivity index (χ0) is 30.1. The number of alkyl carbamates (subject to hydrolysis) is 1. The average Bonchev–Trinajstić information content (AvgIpc) is 2.88. The third kappa shape index (κ3) is 12.5. The Balaban J connectivity index is 3.51. The van der Waals surface area contributed by atoms with Crippen LogP contribution in [0, 0.1) is 12.3 Å². The van der Waals surface area contributed by atoms with Crippen LogP contribution in [0.1, 0.15) is 110 Å². The minimum atomic E-state index is -1.32. The van der Waals surface area contributed by atoms with Crippen molar-refractivity contribution in [1.29, 1.82) is 0 Å². The molecule has 1 aromatic rings. The van der Waals surface area contributed by atoms with Crippen molar-refractivity contribution in [2.75, 3.05) is 13.1 Å². The molecular weight excluding hydrogens is 508 g/mol. The van der Waals surface area contributed by atoms with Crippen LogP contribution in [0.15, 0.2) is 24.3 Å². The molecule has 2 atom stereocenters. The Labute approximate surface area is 240 Å². The summed E-state index contributed by atoms with van der Waals surface area (Å²) in [6.45, 7) is 9.89. The number of nitrogens with zero attached hydrogens (tertiary/aromatic N) is 1. The summed E-state index contributed by atoms with van der Waals surface area (Å²) >= 11 is 0. The van der Waals surface area contributed by atoms with E-state index in [4.69, 9.17) is 16.9 Å². The number of terminal acetylenes is 1. The lowest BCUT2D eigenvalue weighted by Gasteiger charge is -2.35. The standard InChI is InChI=1S/C31H48N4O5/c1-7-10-12-13-14-17-21-35(29(38)25(22-26(32)36)34-30(39)40-31(4,5)6)27(28(37)33-20-11-8-2)24-19-16-15-18-23(24)9-3/h3,15-16,18-19,25,27H,7-8,10-14,17,20-22H2,1-2,4-6H3,(H2,32,36)(H,33,37)(H,34,39). The van der Waals surface area contributed by atoms with Gasteiger partial charge in [0.1, 0.15) is 17.7 Å². The van der Waals surface area contributed by atoms with E-state index >= 15 is 0 Å². The quantitative estimate of drug-likeness (QED) is 0.191. The summed E-state index contributed by atoms with van der Waals surface area (Å²) in [5.41, 5.74) is 5.62. The number of carbonyl (C=O) groups is 4. The summed E-state index contributed by atoms with van der Waals surface area (Å²) in [4.78, 5) is 53.8. The molecule has 9 nitrogen and oxygen atoms in total. The third-order valence-electron chi connectivity index (χ3n) is 6.23. The molecule has 0 saturated heterocycles. The van der Waals surface area contributed by atoms with E-state index in [9.17, 15) is 19.2 Å². The number of ether oxygens (including phenoxy) is 1. The van der Waals surface area contributed by atoms with E-state index in [-0.39, 0.29) is 12.5 Å². The Bertz CT molecular complexity index is 1010. The average molecular weight is 557 g/mol. The summed E-state index contributed by atoms with van der Waals surface area (Å²) in [6.07, 6.45) is 11.9. The van der Waals surface area contributed by atoms with Gasteiger partial charge in [-0.25, -0.2) is 4.79 Å². The van der Waals surface area contributed by atoms with Gasteiger partial charge in [-0.15, -0.1) is 6.42 Å². The first-order valence-corrected chi connectivity index (χ1v) is 14.4. The maximum absolute atomic E-state index is 14.1. The first-order chi connectivity index (χ1) is 18.9. The first-order valence-electron chi connectivity index (χ1n) is 14.4. The van der Waals surface area contributed by atoms with Gasteiger partial charge in [-0.1, -0.05) is 76.5 Å². The Morgan fingerprint density at radius 1 is 1.00 bits per heavy atom. The van der Waals surface area contributed by atoms with E-state index in [0.717, 1.165) is 44.9 Å². The van der Waals surface area contributed by atoms with Crippen LogP contribution in [0.25, 0.3) is 0 Å². The van der Waals surface area contributed by atoms with Gasteiger partial charge in [0.05, 0.1) is 6.42 Å². The highest BCUT2D eigenvalue weighted by molar-refractivity contribution is 5.94. The molecule has 0 aliphatic rings. The van der Waals surface area contributed by atoms with Gasteiger partial charge in [-0.2, -0.15) is 0 Å². The van der Waals surface area contributed by atoms with Crippen LogP contribution >= 0.6 is 0 Å². The highest BCUT2D eigenvalue weighted by Gasteiger charge is 2.37. The molecule has 0 fully saturated rings. The van der Waals surface area contributed by atoms with Gasteiger partial charge in [-0.3, -0.25) is 14.4 Å². The highest BCUT2D eigenvalue weighted by Crippen LogP contribution is 2.27. The largest absolute Gasteiger partial charge is 0.444 e. The summed E-state index contributed by atoms with van der Waals surface area (Å²) in [7, 11) is 0. The van der Waals surface area contributed by atoms with E-state index in [2.05, 4.69) is 23.5 Å². The second-order valence-corrected chi connectivity index (χ2v) is 10.9. The van der Waals surface area contributed by atoms with Crippen LogP contribution in [-0.4, -0.2) is 53.4 Å². The number of amides is 4. The SMILES string of the molecule is C#Cc1ccccc1C(C(=O)NCCCC)N(CCCCCCCC)C(=O)C(CC(N)=O)NC(=O)OC(C)(C)C. The van der Waals surface area contributed by atoms with Gasteiger partial charge in [0, 0.05) is 18.7 Å². The molecule has 0 radical (unpaired) electrons. The van der Waals surface area contributed by atoms with Crippen molar-refractivity contribution in [2.45, 2.75) is 110 Å². The number of hydrogen-bond acceptors (Lipinski definition) is 5. The number of rotatable bonds is 17. The molecule has 0 spiro atoms. The lowest BCUT2D eigenvalue weighted by Crippen LogP contribution is -2.54. The van der Waals surface area contributed by atoms with Gasteiger partial charge in [0.25, 0.3) is 0 Å². The molecule has 4 amide bonds. The predicted molar refractivity (Wildman–Crippen MR) is 157 cm³/mol. The van der Waals surface area contributed by atoms with Crippen molar-refractivity contribution in [2.24, 2.45) is 5.73 Å². The second-order valence-electron chi connectivity index (χ2n) is 10.9. The smallest absolute Gasteiger partial charge is 0.408 e. The van der Waals surface area contributed by atoms with Crippen molar-refractivity contribution in [1.82, 2.24) is 15.5 Å². The number of nitrogens with one attached hydrogen (secondary N) is 2. The van der Waals surface area contributed by atoms with Gasteiger partial charge in [-0.05, 0) is 45.2 Å². The minimum Gasteiger partial charge on any atom is -0.444 e. The zero-order valence-electron chi connectivity index (χ0n) is 24.9. The van der Waals surface area contributed by atoms with Crippen molar-refractivity contribution in [3.8, 4) is 12.3 Å². The molecule has 4 N–H and O–H groups in total. The molecule has 1 rings (SSSR count). The van der Waals surface area contributed by atoms with E-state index in [1.165, 1.54) is 4.90 Å². The molecular formula is C31H48N4O5. The van der Waals surface area contributed by atoms with Gasteiger partial charge in [0.2, 0.25) is 17.7 Å². The van der Waals surface area contributed by atoms with Gasteiger partial charge < -0.3 is 26.0 Å². The molecule has 1 aromatic carbocycles. The fourth-order valence-corrected chi connectivity index (χ4v) is 4.28. The van der Waals surface area contributed by atoms with E-state index in [1.807, 2.05) is 6.92 Å². The number of primary amides is 1. The maximum Gasteiger partial charge on any atom is 0.408 e. The predicted octanol–water partition coefficient (Wildman–Crippen LogP) is 4.58. The van der Waals surface area contributed by atoms with Gasteiger partial charge >= 0.3 is 6.09 Å². The molecule has 0 saturated carbocycles. The summed E-state index contributed by atoms with van der Waals surface area (Å²) in [5.74, 6) is 0.850. The molecule has 0 bridgehead atoms. The van der Waals surface area contributed by atoms with E-state index in [1.54, 1.807) is 45.0 Å². The third-order valence-corrected chi connectivity index (χ3v) is 6.23.